The topological polar surface area (TPSA) is 92.0 Å². The molecule has 0 radical (unpaired) electrons. The van der Waals surface area contributed by atoms with Crippen molar-refractivity contribution >= 4 is 11.8 Å². The average molecular weight is 470 g/mol. The Hall–Kier alpha value is -2.94. The average Bonchev–Trinajstić information content (AvgIpc) is 3.34. The first-order chi connectivity index (χ1) is 16.5. The number of hydrogen-bond donors (Lipinski definition) is 0. The van der Waals surface area contributed by atoms with Crippen molar-refractivity contribution in [3.63, 3.8) is 0 Å². The van der Waals surface area contributed by atoms with Crippen LogP contribution in [0.1, 0.15) is 60.6 Å². The van der Waals surface area contributed by atoms with Crippen LogP contribution in [0.3, 0.4) is 0 Å². The molecule has 34 heavy (non-hydrogen) atoms. The van der Waals surface area contributed by atoms with Crippen molar-refractivity contribution < 1.29 is 18.8 Å². The maximum absolute atomic E-state index is 12.7. The van der Waals surface area contributed by atoms with Crippen molar-refractivity contribution in [3.8, 4) is 5.75 Å². The van der Waals surface area contributed by atoms with Gasteiger partial charge in [-0.2, -0.15) is 4.98 Å². The Labute approximate surface area is 201 Å². The van der Waals surface area contributed by atoms with Crippen molar-refractivity contribution in [2.45, 2.75) is 57.5 Å². The summed E-state index contributed by atoms with van der Waals surface area (Å²) < 4.78 is 10.5. The molecule has 9 nitrogen and oxygen atoms in total. The van der Waals surface area contributed by atoms with Crippen molar-refractivity contribution in [2.24, 2.45) is 0 Å². The minimum atomic E-state index is 0.0343. The molecule has 2 heterocycles. The first-order valence-electron chi connectivity index (χ1n) is 12.3. The second-order valence-electron chi connectivity index (χ2n) is 9.20. The monoisotopic (exact) mass is 469 g/mol. The normalized spacial score (nSPS) is 17.5. The van der Waals surface area contributed by atoms with E-state index in [0.29, 0.717) is 55.8 Å². The van der Waals surface area contributed by atoms with Gasteiger partial charge in [0, 0.05) is 57.7 Å². The minimum absolute atomic E-state index is 0.0343. The van der Waals surface area contributed by atoms with Crippen molar-refractivity contribution in [3.05, 3.63) is 41.5 Å². The van der Waals surface area contributed by atoms with Crippen LogP contribution in [-0.4, -0.2) is 83.0 Å². The number of hydrogen-bond acceptors (Lipinski definition) is 7. The lowest BCUT2D eigenvalue weighted by Gasteiger charge is -2.34. The van der Waals surface area contributed by atoms with Crippen LogP contribution in [0.4, 0.5) is 0 Å². The third kappa shape index (κ3) is 6.14. The van der Waals surface area contributed by atoms with Gasteiger partial charge in [0.25, 0.3) is 5.91 Å². The number of aromatic nitrogens is 2. The second-order valence-corrected chi connectivity index (χ2v) is 9.20. The van der Waals surface area contributed by atoms with E-state index in [2.05, 4.69) is 15.0 Å². The molecule has 2 aromatic rings. The molecule has 0 atom stereocenters. The number of methoxy groups -OCH3 is 1. The Morgan fingerprint density at radius 3 is 2.47 bits per heavy atom. The highest BCUT2D eigenvalue weighted by Crippen LogP contribution is 2.22. The van der Waals surface area contributed by atoms with Crippen LogP contribution in [0.5, 0.6) is 5.75 Å². The van der Waals surface area contributed by atoms with Crippen molar-refractivity contribution in [1.29, 1.82) is 0 Å². The van der Waals surface area contributed by atoms with Crippen LogP contribution in [0.2, 0.25) is 0 Å². The predicted molar refractivity (Wildman–Crippen MR) is 126 cm³/mol. The van der Waals surface area contributed by atoms with E-state index in [9.17, 15) is 9.59 Å². The largest absolute Gasteiger partial charge is 0.497 e. The van der Waals surface area contributed by atoms with Gasteiger partial charge in [-0.05, 0) is 37.1 Å². The van der Waals surface area contributed by atoms with Gasteiger partial charge < -0.3 is 19.1 Å². The Kier molecular flexibility index (Phi) is 8.16. The quantitative estimate of drug-likeness (QED) is 0.587. The first-order valence-corrected chi connectivity index (χ1v) is 12.3. The molecule has 1 aliphatic carbocycles. The van der Waals surface area contributed by atoms with E-state index in [0.717, 1.165) is 31.7 Å². The molecular weight excluding hydrogens is 434 g/mol. The molecule has 0 unspecified atom stereocenters. The minimum Gasteiger partial charge on any atom is -0.497 e. The molecule has 1 aliphatic heterocycles. The lowest BCUT2D eigenvalue weighted by Crippen LogP contribution is -2.48. The van der Waals surface area contributed by atoms with Crippen LogP contribution < -0.4 is 4.74 Å². The Morgan fingerprint density at radius 2 is 1.79 bits per heavy atom. The van der Waals surface area contributed by atoms with Gasteiger partial charge >= 0.3 is 0 Å². The van der Waals surface area contributed by atoms with E-state index in [1.54, 1.807) is 31.4 Å². The molecular formula is C25H35N5O4. The Bertz CT molecular complexity index is 946. The molecule has 2 aliphatic rings. The van der Waals surface area contributed by atoms with E-state index >= 15 is 0 Å². The van der Waals surface area contributed by atoms with Gasteiger partial charge in [0.05, 0.1) is 13.7 Å². The molecule has 4 rings (SSSR count). The zero-order chi connectivity index (χ0) is 23.9. The second kappa shape index (κ2) is 11.5. The molecule has 184 valence electrons. The van der Waals surface area contributed by atoms with Crippen LogP contribution >= 0.6 is 0 Å². The van der Waals surface area contributed by atoms with E-state index in [4.69, 9.17) is 9.26 Å². The first kappa shape index (κ1) is 24.2. The predicted octanol–water partition coefficient (Wildman–Crippen LogP) is 2.76. The lowest BCUT2D eigenvalue weighted by atomic mass is 9.94. The highest BCUT2D eigenvalue weighted by atomic mass is 16.5. The maximum atomic E-state index is 12.7. The van der Waals surface area contributed by atoms with Crippen LogP contribution in [0.15, 0.2) is 28.8 Å². The summed E-state index contributed by atoms with van der Waals surface area (Å²) in [4.78, 5) is 35.8. The molecule has 1 saturated carbocycles. The SMILES string of the molecule is COc1ccc(C(=O)N2CCN(Cc3noc(CCC(=O)N(C)C4CCCCC4)n3)CC2)cc1. The summed E-state index contributed by atoms with van der Waals surface area (Å²) in [5, 5.41) is 4.10. The zero-order valence-electron chi connectivity index (χ0n) is 20.2. The van der Waals surface area contributed by atoms with E-state index in [-0.39, 0.29) is 11.8 Å². The fourth-order valence-electron chi connectivity index (χ4n) is 4.74. The van der Waals surface area contributed by atoms with Gasteiger partial charge in [0.1, 0.15) is 5.75 Å². The van der Waals surface area contributed by atoms with Crippen molar-refractivity contribution in [1.82, 2.24) is 24.8 Å². The van der Waals surface area contributed by atoms with E-state index in [1.165, 1.54) is 19.3 Å². The van der Waals surface area contributed by atoms with Gasteiger partial charge in [-0.15, -0.1) is 0 Å². The smallest absolute Gasteiger partial charge is 0.253 e. The van der Waals surface area contributed by atoms with Crippen LogP contribution in [0.25, 0.3) is 0 Å². The maximum Gasteiger partial charge on any atom is 0.253 e. The van der Waals surface area contributed by atoms with Crippen LogP contribution in [0, 0.1) is 0 Å². The fraction of sp³-hybridized carbons (Fsp3) is 0.600. The van der Waals surface area contributed by atoms with E-state index in [1.807, 2.05) is 16.8 Å². The number of carbonyl (C=O) groups excluding carboxylic acids is 2. The molecule has 0 spiro atoms. The zero-order valence-corrected chi connectivity index (χ0v) is 20.2. The number of piperazine rings is 1. The van der Waals surface area contributed by atoms with Gasteiger partial charge in [-0.3, -0.25) is 14.5 Å². The molecule has 0 N–H and O–H groups in total. The number of nitrogens with zero attached hydrogens (tertiary/aromatic N) is 5. The Balaban J connectivity index is 1.20. The highest BCUT2D eigenvalue weighted by molar-refractivity contribution is 5.94. The highest BCUT2D eigenvalue weighted by Gasteiger charge is 2.24. The Morgan fingerprint density at radius 1 is 1.09 bits per heavy atom. The standard InChI is InChI=1S/C25H35N5O4/c1-28(20-6-4-3-5-7-20)24(31)13-12-23-26-22(27-34-23)18-29-14-16-30(17-15-29)25(32)19-8-10-21(33-2)11-9-19/h8-11,20H,3-7,12-18H2,1-2H3. The van der Waals surface area contributed by atoms with Crippen LogP contribution in [-0.2, 0) is 17.8 Å². The fourth-order valence-corrected chi connectivity index (χ4v) is 4.74. The van der Waals surface area contributed by atoms with Crippen molar-refractivity contribution in [2.75, 3.05) is 40.3 Å². The number of ether oxygens (including phenoxy) is 1. The van der Waals surface area contributed by atoms with Gasteiger partial charge in [-0.25, -0.2) is 0 Å². The summed E-state index contributed by atoms with van der Waals surface area (Å²) in [5.41, 5.74) is 0.667. The lowest BCUT2D eigenvalue weighted by molar-refractivity contribution is -0.132. The third-order valence-electron chi connectivity index (χ3n) is 6.94. The number of carbonyl (C=O) groups is 2. The molecule has 2 amide bonds. The summed E-state index contributed by atoms with van der Waals surface area (Å²) in [5.74, 6) is 2.05. The number of aryl methyl sites for hydroxylation is 1. The third-order valence-corrected chi connectivity index (χ3v) is 6.94. The summed E-state index contributed by atoms with van der Waals surface area (Å²) in [6.07, 6.45) is 6.75. The van der Waals surface area contributed by atoms with Gasteiger partial charge in [0.2, 0.25) is 11.8 Å². The molecule has 1 saturated heterocycles. The van der Waals surface area contributed by atoms with Gasteiger partial charge in [-0.1, -0.05) is 24.4 Å². The number of benzene rings is 1. The summed E-state index contributed by atoms with van der Waals surface area (Å²) in [7, 11) is 3.52. The molecule has 1 aromatic carbocycles. The number of amides is 2. The molecule has 0 bridgehead atoms. The molecule has 2 fully saturated rings. The molecule has 9 heteroatoms. The van der Waals surface area contributed by atoms with E-state index < -0.39 is 0 Å². The number of rotatable bonds is 8. The van der Waals surface area contributed by atoms with Gasteiger partial charge in [0.15, 0.2) is 5.82 Å². The summed E-state index contributed by atoms with van der Waals surface area (Å²) >= 11 is 0. The molecule has 1 aromatic heterocycles. The summed E-state index contributed by atoms with van der Waals surface area (Å²) in [6.45, 7) is 3.37. The summed E-state index contributed by atoms with van der Waals surface area (Å²) in [6, 6.07) is 7.57.